The van der Waals surface area contributed by atoms with Crippen molar-refractivity contribution < 1.29 is 0 Å². The molecule has 2 heterocycles. The van der Waals surface area contributed by atoms with Gasteiger partial charge >= 0.3 is 0 Å². The second kappa shape index (κ2) is 5.44. The first-order chi connectivity index (χ1) is 10.5. The van der Waals surface area contributed by atoms with Gasteiger partial charge in [-0.05, 0) is 12.1 Å². The van der Waals surface area contributed by atoms with Gasteiger partial charge in [-0.3, -0.25) is 4.79 Å². The van der Waals surface area contributed by atoms with Gasteiger partial charge in [0.05, 0.1) is 12.1 Å². The maximum atomic E-state index is 11.9. The van der Waals surface area contributed by atoms with Gasteiger partial charge in [-0.1, -0.05) is 12.1 Å². The predicted octanol–water partition coefficient (Wildman–Crippen LogP) is 0.883. The molecular weight excluding hydrogens is 280 g/mol. The van der Waals surface area contributed by atoms with E-state index in [1.165, 1.54) is 0 Å². The van der Waals surface area contributed by atoms with E-state index in [2.05, 4.69) is 15.0 Å². The molecule has 0 atom stereocenters. The molecule has 0 aliphatic rings. The highest BCUT2D eigenvalue weighted by atomic mass is 16.1. The van der Waals surface area contributed by atoms with Crippen molar-refractivity contribution in [1.29, 1.82) is 0 Å². The Hall–Kier alpha value is -2.96. The Labute approximate surface area is 127 Å². The smallest absolute Gasteiger partial charge is 0.229 e. The van der Waals surface area contributed by atoms with E-state index in [9.17, 15) is 4.79 Å². The van der Waals surface area contributed by atoms with Crippen molar-refractivity contribution in [3.05, 3.63) is 52.6 Å². The van der Waals surface area contributed by atoms with E-state index in [-0.39, 0.29) is 11.4 Å². The van der Waals surface area contributed by atoms with Gasteiger partial charge in [0, 0.05) is 31.7 Å². The summed E-state index contributed by atoms with van der Waals surface area (Å²) in [5.41, 5.74) is 6.57. The van der Waals surface area contributed by atoms with Crippen LogP contribution in [0, 0.1) is 0 Å². The molecule has 7 nitrogen and oxygen atoms in total. The van der Waals surface area contributed by atoms with Crippen LogP contribution >= 0.6 is 0 Å². The minimum absolute atomic E-state index is 0.00371. The van der Waals surface area contributed by atoms with E-state index in [1.807, 2.05) is 36.9 Å². The third kappa shape index (κ3) is 2.60. The zero-order valence-electron chi connectivity index (χ0n) is 12.4. The molecule has 0 unspecified atom stereocenters. The molecule has 2 N–H and O–H groups in total. The lowest BCUT2D eigenvalue weighted by Crippen LogP contribution is -2.17. The number of anilines is 2. The van der Waals surface area contributed by atoms with Crippen molar-refractivity contribution in [3.63, 3.8) is 0 Å². The van der Waals surface area contributed by atoms with E-state index < -0.39 is 0 Å². The van der Waals surface area contributed by atoms with Crippen molar-refractivity contribution in [3.8, 4) is 0 Å². The number of rotatable bonds is 3. The van der Waals surface area contributed by atoms with Gasteiger partial charge in [0.15, 0.2) is 11.3 Å². The van der Waals surface area contributed by atoms with Crippen molar-refractivity contribution in [2.75, 3.05) is 24.7 Å². The Kier molecular flexibility index (Phi) is 3.46. The summed E-state index contributed by atoms with van der Waals surface area (Å²) in [6.07, 6.45) is 1.74. The predicted molar refractivity (Wildman–Crippen MR) is 85.9 cm³/mol. The number of hydrogen-bond acceptors (Lipinski definition) is 6. The fourth-order valence-corrected chi connectivity index (χ4v) is 2.25. The largest absolute Gasteiger partial charge is 0.368 e. The Bertz CT molecular complexity index is 887. The van der Waals surface area contributed by atoms with Gasteiger partial charge in [0.2, 0.25) is 11.9 Å². The van der Waals surface area contributed by atoms with Crippen LogP contribution in [0.1, 0.15) is 5.82 Å². The second-order valence-corrected chi connectivity index (χ2v) is 5.13. The molecule has 0 saturated heterocycles. The van der Waals surface area contributed by atoms with Crippen LogP contribution in [0.25, 0.3) is 10.9 Å². The first-order valence-corrected chi connectivity index (χ1v) is 6.80. The number of nitrogens with zero attached hydrogens (tertiary/aromatic N) is 5. The number of nitrogens with two attached hydrogens (primary N) is 1. The van der Waals surface area contributed by atoms with E-state index in [0.29, 0.717) is 23.7 Å². The molecule has 0 bridgehead atoms. The number of aromatic nitrogens is 4. The molecule has 0 aliphatic carbocycles. The molecule has 7 heteroatoms. The molecule has 22 heavy (non-hydrogen) atoms. The van der Waals surface area contributed by atoms with Crippen LogP contribution in [-0.2, 0) is 6.54 Å². The lowest BCUT2D eigenvalue weighted by Gasteiger charge is -2.13. The Balaban J connectivity index is 2.08. The lowest BCUT2D eigenvalue weighted by molar-refractivity contribution is 0.752. The molecule has 3 rings (SSSR count). The monoisotopic (exact) mass is 296 g/mol. The van der Waals surface area contributed by atoms with E-state index in [0.717, 1.165) is 5.52 Å². The lowest BCUT2D eigenvalue weighted by atomic mass is 10.2. The maximum absolute atomic E-state index is 11.9. The van der Waals surface area contributed by atoms with Crippen LogP contribution < -0.4 is 16.1 Å². The Morgan fingerprint density at radius 3 is 2.68 bits per heavy atom. The summed E-state index contributed by atoms with van der Waals surface area (Å²) in [5, 5.41) is 0.667. The first kappa shape index (κ1) is 14.0. The number of benzene rings is 1. The summed E-state index contributed by atoms with van der Waals surface area (Å²) >= 11 is 0. The van der Waals surface area contributed by atoms with Gasteiger partial charge in [0.25, 0.3) is 0 Å². The maximum Gasteiger partial charge on any atom is 0.229 e. The average Bonchev–Trinajstić information content (AvgIpc) is 2.50. The summed E-state index contributed by atoms with van der Waals surface area (Å²) < 4.78 is 1.92. The highest BCUT2D eigenvalue weighted by molar-refractivity contribution is 5.78. The highest BCUT2D eigenvalue weighted by Crippen LogP contribution is 2.12. The van der Waals surface area contributed by atoms with Crippen molar-refractivity contribution in [1.82, 2.24) is 19.5 Å². The standard InChI is InChI=1S/C15H16N6O/c1-20(2)15-18-13(17-14(16)19-15)9-21-8-7-12(22)10-5-3-4-6-11(10)21/h3-8H,9H2,1-2H3,(H2,16,17,18,19). The van der Waals surface area contributed by atoms with Crippen LogP contribution in [0.15, 0.2) is 41.3 Å². The van der Waals surface area contributed by atoms with Gasteiger partial charge in [-0.2, -0.15) is 15.0 Å². The van der Waals surface area contributed by atoms with E-state index in [4.69, 9.17) is 5.73 Å². The SMILES string of the molecule is CN(C)c1nc(N)nc(Cn2ccc(=O)c3ccccc32)n1. The number of para-hydroxylation sites is 1. The normalized spacial score (nSPS) is 10.8. The molecule has 0 spiro atoms. The topological polar surface area (TPSA) is 89.9 Å². The quantitative estimate of drug-likeness (QED) is 0.771. The molecule has 112 valence electrons. The summed E-state index contributed by atoms with van der Waals surface area (Å²) in [7, 11) is 3.68. The number of fused-ring (bicyclic) bond motifs is 1. The zero-order valence-corrected chi connectivity index (χ0v) is 12.4. The van der Waals surface area contributed by atoms with Crippen molar-refractivity contribution in [2.45, 2.75) is 6.54 Å². The molecule has 0 fully saturated rings. The van der Waals surface area contributed by atoms with Gasteiger partial charge in [0.1, 0.15) is 0 Å². The molecule has 3 aromatic rings. The summed E-state index contributed by atoms with van der Waals surface area (Å²) in [4.78, 5) is 26.3. The van der Waals surface area contributed by atoms with Gasteiger partial charge in [-0.15, -0.1) is 0 Å². The zero-order chi connectivity index (χ0) is 15.7. The third-order valence-electron chi connectivity index (χ3n) is 3.28. The number of nitrogen functional groups attached to an aromatic ring is 1. The van der Waals surface area contributed by atoms with Gasteiger partial charge < -0.3 is 15.2 Å². The van der Waals surface area contributed by atoms with E-state index >= 15 is 0 Å². The third-order valence-corrected chi connectivity index (χ3v) is 3.28. The van der Waals surface area contributed by atoms with E-state index in [1.54, 1.807) is 23.2 Å². The fourth-order valence-electron chi connectivity index (χ4n) is 2.25. The minimum atomic E-state index is -0.00371. The molecule has 0 aliphatic heterocycles. The highest BCUT2D eigenvalue weighted by Gasteiger charge is 2.08. The molecule has 1 aromatic carbocycles. The molecular formula is C15H16N6O. The average molecular weight is 296 g/mol. The van der Waals surface area contributed by atoms with Crippen LogP contribution in [0.5, 0.6) is 0 Å². The van der Waals surface area contributed by atoms with Crippen LogP contribution in [0.2, 0.25) is 0 Å². The number of hydrogen-bond donors (Lipinski definition) is 1. The number of pyridine rings is 1. The molecule has 0 saturated carbocycles. The van der Waals surface area contributed by atoms with Crippen LogP contribution in [0.4, 0.5) is 11.9 Å². The Morgan fingerprint density at radius 2 is 1.91 bits per heavy atom. The van der Waals surface area contributed by atoms with Crippen LogP contribution in [0.3, 0.4) is 0 Å². The second-order valence-electron chi connectivity index (χ2n) is 5.13. The summed E-state index contributed by atoms with van der Waals surface area (Å²) in [6.45, 7) is 0.411. The first-order valence-electron chi connectivity index (χ1n) is 6.80. The summed E-state index contributed by atoms with van der Waals surface area (Å²) in [5.74, 6) is 1.23. The van der Waals surface area contributed by atoms with Crippen molar-refractivity contribution in [2.24, 2.45) is 0 Å². The Morgan fingerprint density at radius 1 is 1.14 bits per heavy atom. The molecule has 2 aromatic heterocycles. The van der Waals surface area contributed by atoms with Crippen LogP contribution in [-0.4, -0.2) is 33.6 Å². The minimum Gasteiger partial charge on any atom is -0.368 e. The summed E-state index contributed by atoms with van der Waals surface area (Å²) in [6, 6.07) is 8.99. The van der Waals surface area contributed by atoms with Gasteiger partial charge in [-0.25, -0.2) is 0 Å². The fraction of sp³-hybridized carbons (Fsp3) is 0.200. The molecule has 0 radical (unpaired) electrons. The molecule has 0 amide bonds. The van der Waals surface area contributed by atoms with Crippen molar-refractivity contribution >= 4 is 22.8 Å².